The molecule has 1 aromatic rings. The Morgan fingerprint density at radius 3 is 2.27 bits per heavy atom. The van der Waals surface area contributed by atoms with Crippen LogP contribution in [0.1, 0.15) is 55.9 Å². The van der Waals surface area contributed by atoms with Crippen LogP contribution in [0, 0.1) is 23.2 Å². The van der Waals surface area contributed by atoms with E-state index in [1.54, 1.807) is 0 Å². The number of amides is 1. The smallest absolute Gasteiger partial charge is 0.273 e. The molecular formula is C17H24N4O. The molecule has 4 aliphatic rings. The van der Waals surface area contributed by atoms with Crippen molar-refractivity contribution in [3.05, 3.63) is 18.1 Å². The van der Waals surface area contributed by atoms with Crippen molar-refractivity contribution < 1.29 is 4.79 Å². The van der Waals surface area contributed by atoms with E-state index in [4.69, 9.17) is 5.73 Å². The Labute approximate surface area is 131 Å². The molecule has 4 saturated carbocycles. The SMILES string of the molecule is CC(NC(=O)c1nccnc1N)C12CC3CC(CC(C3)C1)C2. The number of hydrogen-bond donors (Lipinski definition) is 2. The quantitative estimate of drug-likeness (QED) is 0.898. The number of nitrogen functional groups attached to an aromatic ring is 1. The highest BCUT2D eigenvalue weighted by atomic mass is 16.2. The maximum absolute atomic E-state index is 12.5. The van der Waals surface area contributed by atoms with Gasteiger partial charge in [-0.25, -0.2) is 9.97 Å². The van der Waals surface area contributed by atoms with Crippen LogP contribution in [-0.2, 0) is 0 Å². The number of nitrogens with one attached hydrogen (secondary N) is 1. The van der Waals surface area contributed by atoms with Gasteiger partial charge in [0, 0.05) is 18.4 Å². The van der Waals surface area contributed by atoms with Gasteiger partial charge in [-0.15, -0.1) is 0 Å². The third kappa shape index (κ3) is 2.18. The number of carbonyl (C=O) groups is 1. The summed E-state index contributed by atoms with van der Waals surface area (Å²) in [5, 5.41) is 3.17. The fourth-order valence-electron chi connectivity index (χ4n) is 5.65. The van der Waals surface area contributed by atoms with E-state index in [1.165, 1.54) is 50.9 Å². The summed E-state index contributed by atoms with van der Waals surface area (Å²) in [6, 6.07) is 0.176. The molecule has 5 rings (SSSR count). The van der Waals surface area contributed by atoms with Gasteiger partial charge in [-0.05, 0) is 68.6 Å². The predicted molar refractivity (Wildman–Crippen MR) is 84.0 cm³/mol. The third-order valence-corrected chi connectivity index (χ3v) is 6.29. The third-order valence-electron chi connectivity index (χ3n) is 6.29. The number of nitrogens with two attached hydrogens (primary N) is 1. The minimum absolute atomic E-state index is 0.176. The van der Waals surface area contributed by atoms with Gasteiger partial charge >= 0.3 is 0 Å². The predicted octanol–water partition coefficient (Wildman–Crippen LogP) is 2.39. The normalized spacial score (nSPS) is 37.0. The molecule has 4 aliphatic carbocycles. The van der Waals surface area contributed by atoms with Crippen LogP contribution < -0.4 is 11.1 Å². The number of aromatic nitrogens is 2. The second kappa shape index (κ2) is 4.93. The van der Waals surface area contributed by atoms with E-state index in [0.717, 1.165) is 17.8 Å². The van der Waals surface area contributed by atoms with Crippen LogP contribution in [0.2, 0.25) is 0 Å². The average Bonchev–Trinajstić information content (AvgIpc) is 2.46. The van der Waals surface area contributed by atoms with Gasteiger partial charge in [0.25, 0.3) is 5.91 Å². The molecule has 0 radical (unpaired) electrons. The second-order valence-corrected chi connectivity index (χ2v) is 7.77. The minimum atomic E-state index is -0.186. The maximum Gasteiger partial charge on any atom is 0.273 e. The van der Waals surface area contributed by atoms with Crippen LogP contribution in [0.25, 0.3) is 0 Å². The first-order valence-electron chi connectivity index (χ1n) is 8.43. The summed E-state index contributed by atoms with van der Waals surface area (Å²) in [7, 11) is 0. The standard InChI is InChI=1S/C17H24N4O/c1-10(21-16(22)14-15(18)20-3-2-19-14)17-7-11-4-12(8-17)6-13(5-11)9-17/h2-3,10-13H,4-9H2,1H3,(H2,18,20)(H,21,22). The molecule has 1 amide bonds. The van der Waals surface area contributed by atoms with Gasteiger partial charge in [-0.3, -0.25) is 4.79 Å². The Morgan fingerprint density at radius 1 is 1.18 bits per heavy atom. The zero-order valence-corrected chi connectivity index (χ0v) is 13.1. The Balaban J connectivity index is 1.52. The summed E-state index contributed by atoms with van der Waals surface area (Å²) < 4.78 is 0. The second-order valence-electron chi connectivity index (χ2n) is 7.77. The first-order chi connectivity index (χ1) is 10.6. The molecule has 0 aliphatic heterocycles. The molecule has 1 atom stereocenters. The van der Waals surface area contributed by atoms with E-state index in [1.807, 2.05) is 0 Å². The summed E-state index contributed by atoms with van der Waals surface area (Å²) in [6.07, 6.45) is 11.1. The van der Waals surface area contributed by atoms with E-state index in [9.17, 15) is 4.79 Å². The molecule has 22 heavy (non-hydrogen) atoms. The summed E-state index contributed by atoms with van der Waals surface area (Å²) in [6.45, 7) is 2.16. The molecule has 1 aromatic heterocycles. The fourth-order valence-corrected chi connectivity index (χ4v) is 5.65. The molecule has 4 bridgehead atoms. The average molecular weight is 300 g/mol. The Morgan fingerprint density at radius 2 is 1.73 bits per heavy atom. The lowest BCUT2D eigenvalue weighted by Gasteiger charge is -2.59. The Kier molecular flexibility index (Phi) is 3.13. The molecule has 5 nitrogen and oxygen atoms in total. The van der Waals surface area contributed by atoms with Crippen LogP contribution in [0.5, 0.6) is 0 Å². The minimum Gasteiger partial charge on any atom is -0.382 e. The van der Waals surface area contributed by atoms with Crippen molar-refractivity contribution >= 4 is 11.7 Å². The molecule has 3 N–H and O–H groups in total. The summed E-state index contributed by atoms with van der Waals surface area (Å²) >= 11 is 0. The van der Waals surface area contributed by atoms with Gasteiger partial charge in [-0.1, -0.05) is 0 Å². The van der Waals surface area contributed by atoms with Crippen molar-refractivity contribution in [2.45, 2.75) is 51.5 Å². The van der Waals surface area contributed by atoms with Crippen molar-refractivity contribution in [1.29, 1.82) is 0 Å². The molecule has 0 aromatic carbocycles. The largest absolute Gasteiger partial charge is 0.382 e. The van der Waals surface area contributed by atoms with Crippen LogP contribution in [0.15, 0.2) is 12.4 Å². The number of carbonyl (C=O) groups excluding carboxylic acids is 1. The lowest BCUT2D eigenvalue weighted by molar-refractivity contribution is -0.0688. The molecular weight excluding hydrogens is 276 g/mol. The maximum atomic E-state index is 12.5. The topological polar surface area (TPSA) is 80.9 Å². The molecule has 1 heterocycles. The van der Waals surface area contributed by atoms with E-state index in [0.29, 0.717) is 5.41 Å². The summed E-state index contributed by atoms with van der Waals surface area (Å²) in [5.41, 5.74) is 6.31. The zero-order valence-electron chi connectivity index (χ0n) is 13.1. The van der Waals surface area contributed by atoms with E-state index >= 15 is 0 Å². The number of anilines is 1. The lowest BCUT2D eigenvalue weighted by Crippen LogP contribution is -2.55. The van der Waals surface area contributed by atoms with Gasteiger partial charge < -0.3 is 11.1 Å². The van der Waals surface area contributed by atoms with Crippen molar-refractivity contribution in [3.63, 3.8) is 0 Å². The van der Waals surface area contributed by atoms with Crippen LogP contribution in [0.4, 0.5) is 5.82 Å². The van der Waals surface area contributed by atoms with Gasteiger partial charge in [0.1, 0.15) is 0 Å². The van der Waals surface area contributed by atoms with E-state index < -0.39 is 0 Å². The van der Waals surface area contributed by atoms with Gasteiger partial charge in [0.2, 0.25) is 0 Å². The monoisotopic (exact) mass is 300 g/mol. The fraction of sp³-hybridized carbons (Fsp3) is 0.706. The van der Waals surface area contributed by atoms with Crippen LogP contribution >= 0.6 is 0 Å². The molecule has 118 valence electrons. The van der Waals surface area contributed by atoms with Gasteiger partial charge in [-0.2, -0.15) is 0 Å². The first kappa shape index (κ1) is 14.0. The Hall–Kier alpha value is -1.65. The highest BCUT2D eigenvalue weighted by molar-refractivity contribution is 5.96. The highest BCUT2D eigenvalue weighted by Gasteiger charge is 2.53. The molecule has 1 unspecified atom stereocenters. The summed E-state index contributed by atoms with van der Waals surface area (Å²) in [5.74, 6) is 2.66. The van der Waals surface area contributed by atoms with Crippen LogP contribution in [-0.4, -0.2) is 21.9 Å². The highest BCUT2D eigenvalue weighted by Crippen LogP contribution is 2.61. The van der Waals surface area contributed by atoms with E-state index in [-0.39, 0.29) is 23.5 Å². The molecule has 0 spiro atoms. The number of nitrogens with zero attached hydrogens (tertiary/aromatic N) is 2. The molecule has 0 saturated heterocycles. The van der Waals surface area contributed by atoms with Crippen molar-refractivity contribution in [1.82, 2.24) is 15.3 Å². The van der Waals surface area contributed by atoms with Crippen molar-refractivity contribution in [2.24, 2.45) is 23.2 Å². The zero-order chi connectivity index (χ0) is 15.3. The van der Waals surface area contributed by atoms with E-state index in [2.05, 4.69) is 22.2 Å². The Bertz CT molecular complexity index is 565. The van der Waals surface area contributed by atoms with Crippen LogP contribution in [0.3, 0.4) is 0 Å². The van der Waals surface area contributed by atoms with Crippen molar-refractivity contribution in [3.8, 4) is 0 Å². The van der Waals surface area contributed by atoms with Gasteiger partial charge in [0.05, 0.1) is 0 Å². The number of rotatable bonds is 3. The number of hydrogen-bond acceptors (Lipinski definition) is 4. The first-order valence-corrected chi connectivity index (χ1v) is 8.43. The summed E-state index contributed by atoms with van der Waals surface area (Å²) in [4.78, 5) is 20.5. The van der Waals surface area contributed by atoms with Gasteiger partial charge in [0.15, 0.2) is 11.5 Å². The lowest BCUT2D eigenvalue weighted by atomic mass is 9.48. The molecule has 5 heteroatoms. The van der Waals surface area contributed by atoms with Crippen molar-refractivity contribution in [2.75, 3.05) is 5.73 Å². The molecule has 4 fully saturated rings.